The average Bonchev–Trinajstić information content (AvgIpc) is 2.41. The van der Waals surface area contributed by atoms with Crippen LogP contribution >= 0.6 is 0 Å². The van der Waals surface area contributed by atoms with Gasteiger partial charge in [-0.2, -0.15) is 0 Å². The molecule has 2 aromatic rings. The van der Waals surface area contributed by atoms with E-state index in [4.69, 9.17) is 5.73 Å². The molecule has 5 heteroatoms. The van der Waals surface area contributed by atoms with Gasteiger partial charge in [-0.15, -0.1) is 0 Å². The van der Waals surface area contributed by atoms with E-state index in [2.05, 4.69) is 9.88 Å². The van der Waals surface area contributed by atoms with Crippen LogP contribution in [0.1, 0.15) is 0 Å². The maximum absolute atomic E-state index is 11.8. The number of carbonyl (C=O) groups is 1. The first-order valence-electron chi connectivity index (χ1n) is 6.28. The van der Waals surface area contributed by atoms with Crippen LogP contribution in [0.15, 0.2) is 30.5 Å². The average molecular weight is 256 g/mol. The Balaban J connectivity index is 2.03. The summed E-state index contributed by atoms with van der Waals surface area (Å²) < 4.78 is 0. The number of pyridine rings is 1. The maximum atomic E-state index is 11.8. The van der Waals surface area contributed by atoms with Gasteiger partial charge in [-0.25, -0.2) is 0 Å². The molecule has 5 nitrogen and oxygen atoms in total. The van der Waals surface area contributed by atoms with Crippen molar-refractivity contribution >= 4 is 28.2 Å². The monoisotopic (exact) mass is 256 g/mol. The molecule has 1 aliphatic rings. The number of nitrogen functional groups attached to an aromatic ring is 1. The third-order valence-corrected chi connectivity index (χ3v) is 3.54. The highest BCUT2D eigenvalue weighted by Gasteiger charge is 2.22. The smallest absolute Gasteiger partial charge is 0.241 e. The standard InChI is InChI=1S/C14H16N4O/c1-17-6-7-18(9-14(17)19)13-4-5-16-12-8-10(15)2-3-11(12)13/h2-5,8H,6-7,9,15H2,1H3. The largest absolute Gasteiger partial charge is 0.399 e. The number of nitrogens with zero attached hydrogens (tertiary/aromatic N) is 3. The predicted octanol–water partition coefficient (Wildman–Crippen LogP) is 1.10. The van der Waals surface area contributed by atoms with Crippen LogP contribution in [0.25, 0.3) is 10.9 Å². The molecular weight excluding hydrogens is 240 g/mol. The molecule has 0 aliphatic carbocycles. The van der Waals surface area contributed by atoms with Crippen molar-refractivity contribution in [3.05, 3.63) is 30.5 Å². The number of nitrogens with two attached hydrogens (primary N) is 1. The number of piperazine rings is 1. The number of hydrogen-bond donors (Lipinski definition) is 1. The van der Waals surface area contributed by atoms with Crippen LogP contribution in [0.5, 0.6) is 0 Å². The molecule has 3 rings (SSSR count). The zero-order valence-electron chi connectivity index (χ0n) is 10.8. The SMILES string of the molecule is CN1CCN(c2ccnc3cc(N)ccc23)CC1=O. The lowest BCUT2D eigenvalue weighted by Gasteiger charge is -2.34. The van der Waals surface area contributed by atoms with Gasteiger partial charge in [0.1, 0.15) is 0 Å². The molecule has 0 radical (unpaired) electrons. The first-order valence-corrected chi connectivity index (χ1v) is 6.28. The predicted molar refractivity (Wildman–Crippen MR) is 76.0 cm³/mol. The van der Waals surface area contributed by atoms with E-state index in [1.165, 1.54) is 0 Å². The molecule has 1 aromatic carbocycles. The Morgan fingerprint density at radius 3 is 2.89 bits per heavy atom. The third kappa shape index (κ3) is 2.07. The molecule has 0 atom stereocenters. The van der Waals surface area contributed by atoms with E-state index < -0.39 is 0 Å². The van der Waals surface area contributed by atoms with Crippen molar-refractivity contribution in [1.82, 2.24) is 9.88 Å². The van der Waals surface area contributed by atoms with E-state index in [1.807, 2.05) is 31.3 Å². The van der Waals surface area contributed by atoms with Crippen molar-refractivity contribution in [2.45, 2.75) is 0 Å². The molecule has 98 valence electrons. The Bertz CT molecular complexity index is 640. The van der Waals surface area contributed by atoms with Crippen molar-refractivity contribution in [3.63, 3.8) is 0 Å². The Hall–Kier alpha value is -2.30. The molecule has 0 saturated carbocycles. The summed E-state index contributed by atoms with van der Waals surface area (Å²) in [5.41, 5.74) is 8.39. The molecular formula is C14H16N4O. The fraction of sp³-hybridized carbons (Fsp3) is 0.286. The van der Waals surface area contributed by atoms with Crippen molar-refractivity contribution in [2.24, 2.45) is 0 Å². The van der Waals surface area contributed by atoms with E-state index in [9.17, 15) is 4.79 Å². The van der Waals surface area contributed by atoms with Crippen LogP contribution < -0.4 is 10.6 Å². The number of hydrogen-bond acceptors (Lipinski definition) is 4. The second-order valence-corrected chi connectivity index (χ2v) is 4.84. The lowest BCUT2D eigenvalue weighted by molar-refractivity contribution is -0.129. The van der Waals surface area contributed by atoms with Gasteiger partial charge in [-0.1, -0.05) is 0 Å². The van der Waals surface area contributed by atoms with E-state index in [0.717, 1.165) is 29.7 Å². The number of amides is 1. The summed E-state index contributed by atoms with van der Waals surface area (Å²) in [6.07, 6.45) is 1.76. The van der Waals surface area contributed by atoms with E-state index in [1.54, 1.807) is 11.1 Å². The number of carbonyl (C=O) groups excluding carboxylic acids is 1. The molecule has 2 heterocycles. The number of aromatic nitrogens is 1. The normalized spacial score (nSPS) is 16.2. The second-order valence-electron chi connectivity index (χ2n) is 4.84. The molecule has 19 heavy (non-hydrogen) atoms. The summed E-state index contributed by atoms with van der Waals surface area (Å²) >= 11 is 0. The summed E-state index contributed by atoms with van der Waals surface area (Å²) in [5, 5.41) is 1.04. The van der Waals surface area contributed by atoms with Crippen molar-refractivity contribution in [1.29, 1.82) is 0 Å². The first-order chi connectivity index (χ1) is 9.15. The molecule has 1 aromatic heterocycles. The molecule has 0 unspecified atom stereocenters. The molecule has 0 spiro atoms. The Labute approximate surface area is 111 Å². The molecule has 1 amide bonds. The summed E-state index contributed by atoms with van der Waals surface area (Å²) in [5.74, 6) is 0.145. The van der Waals surface area contributed by atoms with Gasteiger partial charge in [0.2, 0.25) is 5.91 Å². The lowest BCUT2D eigenvalue weighted by Crippen LogP contribution is -2.48. The van der Waals surface area contributed by atoms with Gasteiger partial charge in [0, 0.05) is 43.1 Å². The van der Waals surface area contributed by atoms with Crippen molar-refractivity contribution in [2.75, 3.05) is 37.3 Å². The van der Waals surface area contributed by atoms with E-state index in [0.29, 0.717) is 12.2 Å². The highest BCUT2D eigenvalue weighted by atomic mass is 16.2. The van der Waals surface area contributed by atoms with Gasteiger partial charge in [0.05, 0.1) is 12.1 Å². The zero-order valence-corrected chi connectivity index (χ0v) is 10.8. The summed E-state index contributed by atoms with van der Waals surface area (Å²) in [6, 6.07) is 7.65. The summed E-state index contributed by atoms with van der Waals surface area (Å²) in [6.45, 7) is 2.00. The van der Waals surface area contributed by atoms with Gasteiger partial charge in [0.25, 0.3) is 0 Å². The van der Waals surface area contributed by atoms with Crippen LogP contribution in [-0.2, 0) is 4.79 Å². The lowest BCUT2D eigenvalue weighted by atomic mass is 10.1. The zero-order chi connectivity index (χ0) is 13.4. The number of anilines is 2. The molecule has 1 aliphatic heterocycles. The van der Waals surface area contributed by atoms with Gasteiger partial charge >= 0.3 is 0 Å². The number of fused-ring (bicyclic) bond motifs is 1. The Morgan fingerprint density at radius 1 is 1.26 bits per heavy atom. The molecule has 0 bridgehead atoms. The third-order valence-electron chi connectivity index (χ3n) is 3.54. The van der Waals surface area contributed by atoms with Gasteiger partial charge in [-0.05, 0) is 24.3 Å². The van der Waals surface area contributed by atoms with E-state index >= 15 is 0 Å². The van der Waals surface area contributed by atoms with Crippen LogP contribution in [0.4, 0.5) is 11.4 Å². The van der Waals surface area contributed by atoms with E-state index in [-0.39, 0.29) is 5.91 Å². The fourth-order valence-corrected chi connectivity index (χ4v) is 2.39. The van der Waals surface area contributed by atoms with Crippen molar-refractivity contribution < 1.29 is 4.79 Å². The summed E-state index contributed by atoms with van der Waals surface area (Å²) in [4.78, 5) is 20.0. The molecule has 1 saturated heterocycles. The van der Waals surface area contributed by atoms with Gasteiger partial charge in [-0.3, -0.25) is 9.78 Å². The first kappa shape index (κ1) is 11.8. The highest BCUT2D eigenvalue weighted by molar-refractivity contribution is 5.95. The van der Waals surface area contributed by atoms with Crippen LogP contribution in [-0.4, -0.2) is 42.5 Å². The maximum Gasteiger partial charge on any atom is 0.241 e. The number of benzene rings is 1. The molecule has 1 fully saturated rings. The van der Waals surface area contributed by atoms with Crippen LogP contribution in [0, 0.1) is 0 Å². The molecule has 2 N–H and O–H groups in total. The van der Waals surface area contributed by atoms with Crippen LogP contribution in [0.2, 0.25) is 0 Å². The minimum atomic E-state index is 0.145. The fourth-order valence-electron chi connectivity index (χ4n) is 2.39. The van der Waals surface area contributed by atoms with Crippen LogP contribution in [0.3, 0.4) is 0 Å². The van der Waals surface area contributed by atoms with Gasteiger partial charge < -0.3 is 15.5 Å². The highest BCUT2D eigenvalue weighted by Crippen LogP contribution is 2.27. The van der Waals surface area contributed by atoms with Gasteiger partial charge in [0.15, 0.2) is 0 Å². The Morgan fingerprint density at radius 2 is 2.11 bits per heavy atom. The minimum absolute atomic E-state index is 0.145. The number of rotatable bonds is 1. The van der Waals surface area contributed by atoms with Crippen molar-refractivity contribution in [3.8, 4) is 0 Å². The topological polar surface area (TPSA) is 62.5 Å². The Kier molecular flexibility index (Phi) is 2.74. The minimum Gasteiger partial charge on any atom is -0.399 e. The quantitative estimate of drug-likeness (QED) is 0.776. The number of likely N-dealkylation sites (N-methyl/N-ethyl adjacent to an activating group) is 1. The summed E-state index contributed by atoms with van der Waals surface area (Å²) in [7, 11) is 1.84. The second kappa shape index (κ2) is 4.42.